The van der Waals surface area contributed by atoms with Crippen LogP contribution in [0.3, 0.4) is 0 Å². The molecule has 1 aliphatic rings. The van der Waals surface area contributed by atoms with Gasteiger partial charge in [-0.2, -0.15) is 0 Å². The minimum Gasteiger partial charge on any atom is -0.367 e. The van der Waals surface area contributed by atoms with Crippen LogP contribution in [0, 0.1) is 0 Å². The quantitative estimate of drug-likeness (QED) is 0.846. The SMILES string of the molecule is Brc1cncc(N2CCN(c3ncccn3)CC2)c1. The van der Waals surface area contributed by atoms with Crippen molar-refractivity contribution >= 4 is 27.6 Å². The summed E-state index contributed by atoms with van der Waals surface area (Å²) in [6.45, 7) is 3.76. The van der Waals surface area contributed by atoms with Gasteiger partial charge in [-0.05, 0) is 28.1 Å². The first kappa shape index (κ1) is 12.3. The van der Waals surface area contributed by atoms with Crippen LogP contribution in [0.5, 0.6) is 0 Å². The van der Waals surface area contributed by atoms with E-state index in [1.807, 2.05) is 12.3 Å². The number of halogens is 1. The van der Waals surface area contributed by atoms with E-state index in [9.17, 15) is 0 Å². The van der Waals surface area contributed by atoms with Gasteiger partial charge in [0.25, 0.3) is 0 Å². The van der Waals surface area contributed by atoms with Crippen LogP contribution in [0.4, 0.5) is 11.6 Å². The van der Waals surface area contributed by atoms with E-state index in [1.165, 1.54) is 0 Å². The van der Waals surface area contributed by atoms with Crippen LogP contribution in [-0.2, 0) is 0 Å². The van der Waals surface area contributed by atoms with E-state index in [0.29, 0.717) is 0 Å². The Balaban J connectivity index is 1.67. The van der Waals surface area contributed by atoms with E-state index in [-0.39, 0.29) is 0 Å². The van der Waals surface area contributed by atoms with Crippen LogP contribution in [-0.4, -0.2) is 41.1 Å². The maximum absolute atomic E-state index is 4.29. The molecule has 1 fully saturated rings. The Hall–Kier alpha value is -1.69. The zero-order chi connectivity index (χ0) is 13.1. The van der Waals surface area contributed by atoms with Gasteiger partial charge in [0.15, 0.2) is 0 Å². The molecule has 0 N–H and O–H groups in total. The number of hydrogen-bond donors (Lipinski definition) is 0. The average Bonchev–Trinajstić information content (AvgIpc) is 2.48. The topological polar surface area (TPSA) is 45.2 Å². The monoisotopic (exact) mass is 319 g/mol. The van der Waals surface area contributed by atoms with E-state index in [4.69, 9.17) is 0 Å². The molecule has 2 aromatic rings. The predicted molar refractivity (Wildman–Crippen MR) is 78.4 cm³/mol. The fourth-order valence-corrected chi connectivity index (χ4v) is 2.55. The summed E-state index contributed by atoms with van der Waals surface area (Å²) in [7, 11) is 0. The lowest BCUT2D eigenvalue weighted by Gasteiger charge is -2.35. The van der Waals surface area contributed by atoms with E-state index < -0.39 is 0 Å². The predicted octanol–water partition coefficient (Wildman–Crippen LogP) is 1.96. The number of rotatable bonds is 2. The van der Waals surface area contributed by atoms with Crippen LogP contribution >= 0.6 is 15.9 Å². The molecule has 1 aliphatic heterocycles. The van der Waals surface area contributed by atoms with Gasteiger partial charge in [-0.1, -0.05) is 0 Å². The third-order valence-corrected chi connectivity index (χ3v) is 3.60. The summed E-state index contributed by atoms with van der Waals surface area (Å²) < 4.78 is 1.01. The normalized spacial score (nSPS) is 15.6. The minimum atomic E-state index is 0.814. The Morgan fingerprint density at radius 3 is 2.32 bits per heavy atom. The lowest BCUT2D eigenvalue weighted by atomic mass is 10.3. The summed E-state index contributed by atoms with van der Waals surface area (Å²) in [6, 6.07) is 3.94. The van der Waals surface area contributed by atoms with E-state index >= 15 is 0 Å². The van der Waals surface area contributed by atoms with Gasteiger partial charge in [0.1, 0.15) is 0 Å². The molecule has 2 aromatic heterocycles. The summed E-state index contributed by atoms with van der Waals surface area (Å²) >= 11 is 3.46. The molecule has 6 heteroatoms. The molecule has 0 amide bonds. The Morgan fingerprint density at radius 2 is 1.63 bits per heavy atom. The number of nitrogens with zero attached hydrogens (tertiary/aromatic N) is 5. The summed E-state index contributed by atoms with van der Waals surface area (Å²) in [5, 5.41) is 0. The van der Waals surface area contributed by atoms with Crippen molar-refractivity contribution < 1.29 is 0 Å². The summed E-state index contributed by atoms with van der Waals surface area (Å²) in [5.74, 6) is 0.814. The smallest absolute Gasteiger partial charge is 0.225 e. The lowest BCUT2D eigenvalue weighted by Crippen LogP contribution is -2.47. The number of hydrogen-bond acceptors (Lipinski definition) is 5. The van der Waals surface area contributed by atoms with Gasteiger partial charge in [0.05, 0.1) is 11.9 Å². The first-order valence-electron chi connectivity index (χ1n) is 6.20. The molecular formula is C13H14BrN5. The van der Waals surface area contributed by atoms with Crippen LogP contribution < -0.4 is 9.80 Å². The molecule has 1 saturated heterocycles. The third kappa shape index (κ3) is 2.84. The first-order valence-corrected chi connectivity index (χ1v) is 7.00. The largest absolute Gasteiger partial charge is 0.367 e. The molecule has 0 aliphatic carbocycles. The third-order valence-electron chi connectivity index (χ3n) is 3.17. The van der Waals surface area contributed by atoms with Crippen LogP contribution in [0.2, 0.25) is 0 Å². The Bertz CT molecular complexity index is 540. The highest BCUT2D eigenvalue weighted by atomic mass is 79.9. The van der Waals surface area contributed by atoms with Crippen molar-refractivity contribution in [2.45, 2.75) is 0 Å². The second-order valence-corrected chi connectivity index (χ2v) is 5.30. The fraction of sp³-hybridized carbons (Fsp3) is 0.308. The molecule has 0 saturated carbocycles. The average molecular weight is 320 g/mol. The second kappa shape index (κ2) is 5.52. The summed E-state index contributed by atoms with van der Waals surface area (Å²) in [4.78, 5) is 17.3. The highest BCUT2D eigenvalue weighted by Crippen LogP contribution is 2.20. The maximum Gasteiger partial charge on any atom is 0.225 e. The van der Waals surface area contributed by atoms with Gasteiger partial charge < -0.3 is 9.80 Å². The molecular weight excluding hydrogens is 306 g/mol. The molecule has 3 rings (SSSR count). The lowest BCUT2D eigenvalue weighted by molar-refractivity contribution is 0.639. The Kier molecular flexibility index (Phi) is 3.59. The molecule has 0 bridgehead atoms. The standard InChI is InChI=1S/C13H14BrN5/c14-11-8-12(10-15-9-11)18-4-6-19(7-5-18)13-16-2-1-3-17-13/h1-3,8-10H,4-7H2. The molecule has 3 heterocycles. The fourth-order valence-electron chi connectivity index (χ4n) is 2.19. The van der Waals surface area contributed by atoms with Crippen LogP contribution in [0.25, 0.3) is 0 Å². The molecule has 5 nitrogen and oxygen atoms in total. The van der Waals surface area contributed by atoms with Crippen LogP contribution in [0.1, 0.15) is 0 Å². The first-order chi connectivity index (χ1) is 9.33. The maximum atomic E-state index is 4.29. The van der Waals surface area contributed by atoms with Crippen LogP contribution in [0.15, 0.2) is 41.4 Å². The van der Waals surface area contributed by atoms with Crippen molar-refractivity contribution in [1.29, 1.82) is 0 Å². The van der Waals surface area contributed by atoms with Crippen molar-refractivity contribution in [2.75, 3.05) is 36.0 Å². The highest BCUT2D eigenvalue weighted by molar-refractivity contribution is 9.10. The van der Waals surface area contributed by atoms with Gasteiger partial charge in [-0.3, -0.25) is 4.98 Å². The molecule has 0 spiro atoms. The Labute approximate surface area is 120 Å². The van der Waals surface area contributed by atoms with Crippen molar-refractivity contribution in [3.8, 4) is 0 Å². The molecule has 0 aromatic carbocycles. The minimum absolute atomic E-state index is 0.814. The van der Waals surface area contributed by atoms with Gasteiger partial charge in [-0.15, -0.1) is 0 Å². The van der Waals surface area contributed by atoms with Gasteiger partial charge >= 0.3 is 0 Å². The van der Waals surface area contributed by atoms with Crippen molar-refractivity contribution in [3.63, 3.8) is 0 Å². The Morgan fingerprint density at radius 1 is 0.947 bits per heavy atom. The van der Waals surface area contributed by atoms with Crippen molar-refractivity contribution in [2.24, 2.45) is 0 Å². The van der Waals surface area contributed by atoms with Crippen molar-refractivity contribution in [1.82, 2.24) is 15.0 Å². The number of aromatic nitrogens is 3. The zero-order valence-electron chi connectivity index (χ0n) is 10.4. The summed E-state index contributed by atoms with van der Waals surface area (Å²) in [6.07, 6.45) is 7.27. The zero-order valence-corrected chi connectivity index (χ0v) is 12.0. The van der Waals surface area contributed by atoms with Gasteiger partial charge in [0, 0.05) is 49.2 Å². The molecule has 0 radical (unpaired) electrons. The number of piperazine rings is 1. The van der Waals surface area contributed by atoms with Gasteiger partial charge in [-0.25, -0.2) is 9.97 Å². The molecule has 0 atom stereocenters. The van der Waals surface area contributed by atoms with E-state index in [0.717, 1.165) is 42.3 Å². The highest BCUT2D eigenvalue weighted by Gasteiger charge is 2.19. The van der Waals surface area contributed by atoms with E-state index in [1.54, 1.807) is 18.6 Å². The summed E-state index contributed by atoms with van der Waals surface area (Å²) in [5.41, 5.74) is 1.16. The molecule has 19 heavy (non-hydrogen) atoms. The number of anilines is 2. The molecule has 98 valence electrons. The number of pyridine rings is 1. The van der Waals surface area contributed by atoms with Gasteiger partial charge in [0.2, 0.25) is 5.95 Å². The van der Waals surface area contributed by atoms with Crippen molar-refractivity contribution in [3.05, 3.63) is 41.4 Å². The molecule has 0 unspecified atom stereocenters. The van der Waals surface area contributed by atoms with E-state index in [2.05, 4.69) is 46.7 Å². The second-order valence-electron chi connectivity index (χ2n) is 4.38.